The van der Waals surface area contributed by atoms with Crippen molar-refractivity contribution in [3.63, 3.8) is 0 Å². The Morgan fingerprint density at radius 1 is 1.06 bits per heavy atom. The average molecular weight is 474 g/mol. The summed E-state index contributed by atoms with van der Waals surface area (Å²) in [6.45, 7) is 9.07. The SMILES string of the molecule is Cc1ccccc1-n1c(C(C)N(CCC(C)C)C(=O)CCC2CCCC2)nc2ccccc2c1=O. The highest BCUT2D eigenvalue weighted by molar-refractivity contribution is 5.79. The average Bonchev–Trinajstić information content (AvgIpc) is 3.37. The van der Waals surface area contributed by atoms with Gasteiger partial charge in [0.25, 0.3) is 5.56 Å². The molecule has 1 aromatic heterocycles. The summed E-state index contributed by atoms with van der Waals surface area (Å²) in [5, 5.41) is 0.591. The van der Waals surface area contributed by atoms with Crippen LogP contribution in [0.2, 0.25) is 0 Å². The molecule has 35 heavy (non-hydrogen) atoms. The number of fused-ring (bicyclic) bond motifs is 1. The third-order valence-corrected chi connectivity index (χ3v) is 7.51. The Morgan fingerprint density at radius 3 is 2.46 bits per heavy atom. The van der Waals surface area contributed by atoms with Crippen LogP contribution in [0.25, 0.3) is 16.6 Å². The van der Waals surface area contributed by atoms with Crippen molar-refractivity contribution in [2.45, 2.75) is 78.7 Å². The molecule has 1 aliphatic rings. The van der Waals surface area contributed by atoms with Crippen molar-refractivity contribution in [3.05, 3.63) is 70.3 Å². The highest BCUT2D eigenvalue weighted by atomic mass is 16.2. The Morgan fingerprint density at radius 2 is 1.74 bits per heavy atom. The Kier molecular flexibility index (Phi) is 8.04. The number of rotatable bonds is 9. The van der Waals surface area contributed by atoms with E-state index in [4.69, 9.17) is 4.98 Å². The Labute approximate surface area is 209 Å². The molecule has 4 rings (SSSR count). The maximum Gasteiger partial charge on any atom is 0.266 e. The summed E-state index contributed by atoms with van der Waals surface area (Å²) in [5.74, 6) is 1.95. The number of aromatic nitrogens is 2. The van der Waals surface area contributed by atoms with E-state index in [9.17, 15) is 9.59 Å². The number of amides is 1. The molecule has 1 atom stereocenters. The smallest absolute Gasteiger partial charge is 0.266 e. The van der Waals surface area contributed by atoms with Crippen LogP contribution in [0.4, 0.5) is 0 Å². The monoisotopic (exact) mass is 473 g/mol. The van der Waals surface area contributed by atoms with Gasteiger partial charge in [0.15, 0.2) is 0 Å². The molecular formula is C30H39N3O2. The van der Waals surface area contributed by atoms with Gasteiger partial charge in [0.05, 0.1) is 22.6 Å². The van der Waals surface area contributed by atoms with E-state index >= 15 is 0 Å². The van der Waals surface area contributed by atoms with Gasteiger partial charge in [-0.25, -0.2) is 4.98 Å². The molecule has 1 heterocycles. The summed E-state index contributed by atoms with van der Waals surface area (Å²) in [6.07, 6.45) is 7.50. The third-order valence-electron chi connectivity index (χ3n) is 7.51. The van der Waals surface area contributed by atoms with Crippen LogP contribution in [0.5, 0.6) is 0 Å². The third kappa shape index (κ3) is 5.66. The van der Waals surface area contributed by atoms with E-state index in [1.807, 2.05) is 67.3 Å². The van der Waals surface area contributed by atoms with Crippen molar-refractivity contribution in [1.82, 2.24) is 14.5 Å². The Balaban J connectivity index is 1.77. The van der Waals surface area contributed by atoms with E-state index in [2.05, 4.69) is 13.8 Å². The Bertz CT molecular complexity index is 1220. The number of carbonyl (C=O) groups is 1. The van der Waals surface area contributed by atoms with Gasteiger partial charge in [-0.05, 0) is 62.3 Å². The first-order valence-electron chi connectivity index (χ1n) is 13.2. The standard InChI is InChI=1S/C30H39N3O2/c1-21(2)19-20-32(28(34)18-17-24-12-6-7-13-24)23(4)29-31-26-15-9-8-14-25(26)30(35)33(29)27-16-10-5-11-22(27)3/h5,8-11,14-16,21,23-24H,6-7,12-13,17-20H2,1-4H3. The molecule has 0 N–H and O–H groups in total. The van der Waals surface area contributed by atoms with E-state index in [0.717, 1.165) is 24.1 Å². The molecule has 5 heteroatoms. The van der Waals surface area contributed by atoms with Gasteiger partial charge >= 0.3 is 0 Å². The van der Waals surface area contributed by atoms with Gasteiger partial charge in [0.2, 0.25) is 5.91 Å². The van der Waals surface area contributed by atoms with E-state index in [1.165, 1.54) is 25.7 Å². The predicted molar refractivity (Wildman–Crippen MR) is 143 cm³/mol. The quantitative estimate of drug-likeness (QED) is 0.352. The second-order valence-corrected chi connectivity index (χ2v) is 10.5. The lowest BCUT2D eigenvalue weighted by Gasteiger charge is -2.32. The van der Waals surface area contributed by atoms with Gasteiger partial charge < -0.3 is 4.90 Å². The molecule has 1 saturated carbocycles. The zero-order chi connectivity index (χ0) is 24.9. The van der Waals surface area contributed by atoms with Crippen LogP contribution in [0.15, 0.2) is 53.3 Å². The lowest BCUT2D eigenvalue weighted by atomic mass is 10.0. The van der Waals surface area contributed by atoms with Crippen molar-refractivity contribution in [3.8, 4) is 5.69 Å². The fourth-order valence-electron chi connectivity index (χ4n) is 5.32. The van der Waals surface area contributed by atoms with E-state index < -0.39 is 0 Å². The van der Waals surface area contributed by atoms with Crippen LogP contribution >= 0.6 is 0 Å². The van der Waals surface area contributed by atoms with Gasteiger partial charge in [-0.1, -0.05) is 69.9 Å². The molecule has 0 spiro atoms. The minimum atomic E-state index is -0.318. The Hall–Kier alpha value is -2.95. The minimum Gasteiger partial charge on any atom is -0.333 e. The van der Waals surface area contributed by atoms with Gasteiger partial charge in [0.1, 0.15) is 5.82 Å². The normalized spacial score (nSPS) is 15.1. The molecule has 2 aromatic carbocycles. The first-order chi connectivity index (χ1) is 16.9. The number of aryl methyl sites for hydroxylation is 1. The first kappa shape index (κ1) is 25.2. The highest BCUT2D eigenvalue weighted by Crippen LogP contribution is 2.30. The second-order valence-electron chi connectivity index (χ2n) is 10.5. The molecule has 0 bridgehead atoms. The fraction of sp³-hybridized carbons (Fsp3) is 0.500. The van der Waals surface area contributed by atoms with Crippen LogP contribution in [-0.4, -0.2) is 26.9 Å². The molecule has 3 aromatic rings. The number of benzene rings is 2. The molecule has 1 fully saturated rings. The summed E-state index contributed by atoms with van der Waals surface area (Å²) >= 11 is 0. The number of hydrogen-bond acceptors (Lipinski definition) is 3. The van der Waals surface area contributed by atoms with Crippen LogP contribution < -0.4 is 5.56 Å². The van der Waals surface area contributed by atoms with E-state index in [0.29, 0.717) is 41.5 Å². The number of carbonyl (C=O) groups excluding carboxylic acids is 1. The van der Waals surface area contributed by atoms with Crippen molar-refractivity contribution in [2.24, 2.45) is 11.8 Å². The molecule has 5 nitrogen and oxygen atoms in total. The zero-order valence-corrected chi connectivity index (χ0v) is 21.7. The lowest BCUT2D eigenvalue weighted by molar-refractivity contribution is -0.134. The molecular weight excluding hydrogens is 434 g/mol. The minimum absolute atomic E-state index is 0.0889. The van der Waals surface area contributed by atoms with Crippen molar-refractivity contribution < 1.29 is 4.79 Å². The van der Waals surface area contributed by atoms with Crippen molar-refractivity contribution >= 4 is 16.8 Å². The molecule has 1 aliphatic carbocycles. The van der Waals surface area contributed by atoms with Gasteiger partial charge in [0, 0.05) is 13.0 Å². The number of nitrogens with zero attached hydrogens (tertiary/aromatic N) is 3. The van der Waals surface area contributed by atoms with Crippen LogP contribution in [0, 0.1) is 18.8 Å². The summed E-state index contributed by atoms with van der Waals surface area (Å²) in [5.41, 5.74) is 2.40. The summed E-state index contributed by atoms with van der Waals surface area (Å²) in [4.78, 5) is 34.3. The lowest BCUT2D eigenvalue weighted by Crippen LogP contribution is -2.38. The first-order valence-corrected chi connectivity index (χ1v) is 13.2. The van der Waals surface area contributed by atoms with Gasteiger partial charge in [-0.2, -0.15) is 0 Å². The van der Waals surface area contributed by atoms with Crippen LogP contribution in [-0.2, 0) is 4.79 Å². The maximum atomic E-state index is 13.8. The molecule has 0 saturated heterocycles. The van der Waals surface area contributed by atoms with E-state index in [-0.39, 0.29) is 17.5 Å². The molecule has 1 amide bonds. The molecule has 186 valence electrons. The van der Waals surface area contributed by atoms with Crippen molar-refractivity contribution in [1.29, 1.82) is 0 Å². The molecule has 0 radical (unpaired) electrons. The largest absolute Gasteiger partial charge is 0.333 e. The number of hydrogen-bond donors (Lipinski definition) is 0. The maximum absolute atomic E-state index is 13.8. The second kappa shape index (κ2) is 11.2. The van der Waals surface area contributed by atoms with Crippen LogP contribution in [0.3, 0.4) is 0 Å². The highest BCUT2D eigenvalue weighted by Gasteiger charge is 2.28. The molecule has 1 unspecified atom stereocenters. The predicted octanol–water partition coefficient (Wildman–Crippen LogP) is 6.60. The van der Waals surface area contributed by atoms with Crippen LogP contribution in [0.1, 0.15) is 83.1 Å². The molecule has 0 aliphatic heterocycles. The zero-order valence-electron chi connectivity index (χ0n) is 21.7. The van der Waals surface area contributed by atoms with Crippen molar-refractivity contribution in [2.75, 3.05) is 6.54 Å². The van der Waals surface area contributed by atoms with Gasteiger partial charge in [-0.3, -0.25) is 14.2 Å². The summed E-state index contributed by atoms with van der Waals surface area (Å²) < 4.78 is 1.73. The van der Waals surface area contributed by atoms with E-state index in [1.54, 1.807) is 4.57 Å². The summed E-state index contributed by atoms with van der Waals surface area (Å²) in [7, 11) is 0. The number of para-hydroxylation sites is 2. The fourth-order valence-corrected chi connectivity index (χ4v) is 5.32. The summed E-state index contributed by atoms with van der Waals surface area (Å²) in [6, 6.07) is 15.1. The topological polar surface area (TPSA) is 55.2 Å². The van der Waals surface area contributed by atoms with Gasteiger partial charge in [-0.15, -0.1) is 0 Å².